The molecule has 0 atom stereocenters. The molecule has 1 aromatic carbocycles. The highest BCUT2D eigenvalue weighted by Gasteiger charge is 2.10. The zero-order valence-corrected chi connectivity index (χ0v) is 12.2. The molecule has 0 bridgehead atoms. The molecule has 1 aromatic rings. The van der Waals surface area contributed by atoms with Crippen LogP contribution in [0, 0.1) is 0 Å². The molecule has 0 heterocycles. The molecular weight excluding hydrogens is 271 g/mol. The summed E-state index contributed by atoms with van der Waals surface area (Å²) >= 11 is 11.7. The Balaban J connectivity index is 2.51. The summed E-state index contributed by atoms with van der Waals surface area (Å²) in [5, 5.41) is 3.96. The number of carbonyl (C=O) groups excluding carboxylic acids is 1. The Labute approximate surface area is 118 Å². The molecule has 0 aliphatic heterocycles. The van der Waals surface area contributed by atoms with E-state index in [0.717, 1.165) is 19.5 Å². The van der Waals surface area contributed by atoms with E-state index < -0.39 is 0 Å². The summed E-state index contributed by atoms with van der Waals surface area (Å²) in [6, 6.07) is 4.98. The van der Waals surface area contributed by atoms with Crippen LogP contribution in [0.5, 0.6) is 0 Å². The Kier molecular flexibility index (Phi) is 6.65. The standard InChI is InChI=1S/C13H18Cl2N2O/c1-16-6-3-7-17(2)9-13(18)10-4-5-11(14)12(15)8-10/h4-5,8,16H,3,6-7,9H2,1-2H3. The van der Waals surface area contributed by atoms with Crippen LogP contribution in [0.25, 0.3) is 0 Å². The van der Waals surface area contributed by atoms with Crippen molar-refractivity contribution in [1.82, 2.24) is 10.2 Å². The second-order valence-corrected chi connectivity index (χ2v) is 5.06. The lowest BCUT2D eigenvalue weighted by Gasteiger charge is -2.15. The van der Waals surface area contributed by atoms with Crippen LogP contribution in [0.3, 0.4) is 0 Å². The summed E-state index contributed by atoms with van der Waals surface area (Å²) in [5.74, 6) is 0.0560. The maximum Gasteiger partial charge on any atom is 0.176 e. The van der Waals surface area contributed by atoms with E-state index in [0.29, 0.717) is 22.2 Å². The Bertz CT molecular complexity index is 410. The zero-order valence-electron chi connectivity index (χ0n) is 10.7. The van der Waals surface area contributed by atoms with Gasteiger partial charge in [0, 0.05) is 5.56 Å². The molecule has 18 heavy (non-hydrogen) atoms. The molecule has 1 rings (SSSR count). The van der Waals surface area contributed by atoms with Gasteiger partial charge in [-0.1, -0.05) is 23.2 Å². The Hall–Kier alpha value is -0.610. The van der Waals surface area contributed by atoms with Gasteiger partial charge in [-0.25, -0.2) is 0 Å². The van der Waals surface area contributed by atoms with E-state index in [1.165, 1.54) is 0 Å². The van der Waals surface area contributed by atoms with Crippen molar-refractivity contribution in [1.29, 1.82) is 0 Å². The minimum absolute atomic E-state index is 0.0560. The van der Waals surface area contributed by atoms with E-state index in [4.69, 9.17) is 23.2 Å². The van der Waals surface area contributed by atoms with Gasteiger partial charge in [0.15, 0.2) is 5.78 Å². The third kappa shape index (κ3) is 4.94. The van der Waals surface area contributed by atoms with Gasteiger partial charge in [0.25, 0.3) is 0 Å². The van der Waals surface area contributed by atoms with E-state index in [-0.39, 0.29) is 5.78 Å². The first-order chi connectivity index (χ1) is 8.54. The summed E-state index contributed by atoms with van der Waals surface area (Å²) in [7, 11) is 3.85. The Morgan fingerprint density at radius 1 is 1.33 bits per heavy atom. The highest BCUT2D eigenvalue weighted by molar-refractivity contribution is 6.42. The molecule has 0 aliphatic rings. The first-order valence-corrected chi connectivity index (χ1v) is 6.61. The average Bonchev–Trinajstić information content (AvgIpc) is 2.33. The van der Waals surface area contributed by atoms with E-state index in [1.54, 1.807) is 18.2 Å². The number of nitrogens with one attached hydrogen (secondary N) is 1. The topological polar surface area (TPSA) is 32.3 Å². The van der Waals surface area contributed by atoms with Gasteiger partial charge in [-0.2, -0.15) is 0 Å². The van der Waals surface area contributed by atoms with Crippen LogP contribution in [0.2, 0.25) is 10.0 Å². The minimum Gasteiger partial charge on any atom is -0.320 e. The molecule has 0 saturated heterocycles. The normalized spacial score (nSPS) is 10.9. The summed E-state index contributed by atoms with van der Waals surface area (Å²) in [6.07, 6.45) is 1.02. The van der Waals surface area contributed by atoms with Crippen molar-refractivity contribution >= 4 is 29.0 Å². The van der Waals surface area contributed by atoms with Crippen molar-refractivity contribution in [3.63, 3.8) is 0 Å². The quantitative estimate of drug-likeness (QED) is 0.619. The number of carbonyl (C=O) groups is 1. The van der Waals surface area contributed by atoms with Gasteiger partial charge in [0.1, 0.15) is 0 Å². The van der Waals surface area contributed by atoms with Crippen molar-refractivity contribution in [2.75, 3.05) is 33.7 Å². The van der Waals surface area contributed by atoms with Crippen LogP contribution in [0.4, 0.5) is 0 Å². The van der Waals surface area contributed by atoms with Gasteiger partial charge in [0.2, 0.25) is 0 Å². The number of halogens is 2. The molecule has 0 fully saturated rings. The van der Waals surface area contributed by atoms with Gasteiger partial charge in [-0.3, -0.25) is 9.69 Å². The first kappa shape index (κ1) is 15.4. The largest absolute Gasteiger partial charge is 0.320 e. The molecule has 1 N–H and O–H groups in total. The van der Waals surface area contributed by atoms with Gasteiger partial charge < -0.3 is 5.32 Å². The van der Waals surface area contributed by atoms with Crippen LogP contribution in [-0.4, -0.2) is 44.4 Å². The maximum atomic E-state index is 12.0. The van der Waals surface area contributed by atoms with Crippen LogP contribution >= 0.6 is 23.2 Å². The highest BCUT2D eigenvalue weighted by atomic mass is 35.5. The highest BCUT2D eigenvalue weighted by Crippen LogP contribution is 2.22. The average molecular weight is 289 g/mol. The predicted octanol–water partition coefficient (Wildman–Crippen LogP) is 2.72. The molecule has 0 amide bonds. The third-order valence-electron chi connectivity index (χ3n) is 2.62. The SMILES string of the molecule is CNCCCN(C)CC(=O)c1ccc(Cl)c(Cl)c1. The Morgan fingerprint density at radius 3 is 2.67 bits per heavy atom. The summed E-state index contributed by atoms with van der Waals surface area (Å²) in [5.41, 5.74) is 0.602. The summed E-state index contributed by atoms with van der Waals surface area (Å²) in [6.45, 7) is 2.22. The molecule has 100 valence electrons. The first-order valence-electron chi connectivity index (χ1n) is 5.86. The van der Waals surface area contributed by atoms with Crippen LogP contribution in [0.1, 0.15) is 16.8 Å². The zero-order chi connectivity index (χ0) is 13.5. The molecule has 0 aliphatic carbocycles. The van der Waals surface area contributed by atoms with Gasteiger partial charge in [0.05, 0.1) is 16.6 Å². The lowest BCUT2D eigenvalue weighted by Crippen LogP contribution is -2.28. The van der Waals surface area contributed by atoms with Crippen LogP contribution in [0.15, 0.2) is 18.2 Å². The number of nitrogens with zero attached hydrogens (tertiary/aromatic N) is 1. The number of hydrogen-bond acceptors (Lipinski definition) is 3. The fourth-order valence-corrected chi connectivity index (χ4v) is 1.91. The van der Waals surface area contributed by atoms with Crippen molar-refractivity contribution in [2.45, 2.75) is 6.42 Å². The van der Waals surface area contributed by atoms with Crippen LogP contribution in [-0.2, 0) is 0 Å². The summed E-state index contributed by atoms with van der Waals surface area (Å²) < 4.78 is 0. The second kappa shape index (κ2) is 7.74. The smallest absolute Gasteiger partial charge is 0.176 e. The van der Waals surface area contributed by atoms with Gasteiger partial charge in [-0.05, 0) is 51.8 Å². The fraction of sp³-hybridized carbons (Fsp3) is 0.462. The van der Waals surface area contributed by atoms with Gasteiger partial charge in [-0.15, -0.1) is 0 Å². The monoisotopic (exact) mass is 288 g/mol. The minimum atomic E-state index is 0.0560. The molecule has 0 spiro atoms. The number of rotatable bonds is 7. The third-order valence-corrected chi connectivity index (χ3v) is 3.36. The number of ketones is 1. The molecule has 0 radical (unpaired) electrons. The van der Waals surface area contributed by atoms with E-state index in [2.05, 4.69) is 5.32 Å². The lowest BCUT2D eigenvalue weighted by atomic mass is 10.1. The van der Waals surface area contributed by atoms with Crippen molar-refractivity contribution in [3.8, 4) is 0 Å². The lowest BCUT2D eigenvalue weighted by molar-refractivity contribution is 0.0946. The predicted molar refractivity (Wildman–Crippen MR) is 76.8 cm³/mol. The van der Waals surface area contributed by atoms with Gasteiger partial charge >= 0.3 is 0 Å². The number of benzene rings is 1. The molecule has 0 aromatic heterocycles. The summed E-state index contributed by atoms with van der Waals surface area (Å²) in [4.78, 5) is 14.0. The molecule has 3 nitrogen and oxygen atoms in total. The molecular formula is C13H18Cl2N2O. The van der Waals surface area contributed by atoms with Crippen molar-refractivity contribution in [2.24, 2.45) is 0 Å². The fourth-order valence-electron chi connectivity index (χ4n) is 1.61. The van der Waals surface area contributed by atoms with Crippen LogP contribution < -0.4 is 5.32 Å². The number of Topliss-reactive ketones (excluding diaryl/α,β-unsaturated/α-hetero) is 1. The molecule has 0 unspecified atom stereocenters. The second-order valence-electron chi connectivity index (χ2n) is 4.25. The van der Waals surface area contributed by atoms with E-state index in [1.807, 2.05) is 19.0 Å². The molecule has 5 heteroatoms. The Morgan fingerprint density at radius 2 is 2.06 bits per heavy atom. The van der Waals surface area contributed by atoms with E-state index >= 15 is 0 Å². The van der Waals surface area contributed by atoms with Crippen molar-refractivity contribution in [3.05, 3.63) is 33.8 Å². The maximum absolute atomic E-state index is 12.0. The molecule has 0 saturated carbocycles. The van der Waals surface area contributed by atoms with Crippen molar-refractivity contribution < 1.29 is 4.79 Å². The number of likely N-dealkylation sites (N-methyl/N-ethyl adjacent to an activating group) is 1. The van der Waals surface area contributed by atoms with E-state index in [9.17, 15) is 4.79 Å². The number of hydrogen-bond donors (Lipinski definition) is 1.